The predicted octanol–water partition coefficient (Wildman–Crippen LogP) is -0.648. The van der Waals surface area contributed by atoms with E-state index < -0.39 is 13.6 Å². The van der Waals surface area contributed by atoms with Gasteiger partial charge in [0, 0.05) is 12.4 Å². The van der Waals surface area contributed by atoms with Crippen LogP contribution in [-0.2, 0) is 9.36 Å². The van der Waals surface area contributed by atoms with Crippen molar-refractivity contribution in [2.45, 2.75) is 0 Å². The van der Waals surface area contributed by atoms with E-state index >= 15 is 0 Å². The van der Waals surface area contributed by atoms with E-state index in [1.807, 2.05) is 0 Å². The lowest BCUT2D eigenvalue weighted by Gasteiger charge is -1.96. The number of hydrogen-bond acceptors (Lipinski definition) is 3. The zero-order valence-corrected chi connectivity index (χ0v) is 7.07. The van der Waals surface area contributed by atoms with Gasteiger partial charge in [-0.1, -0.05) is 6.08 Å². The van der Waals surface area contributed by atoms with Crippen LogP contribution in [0.2, 0.25) is 0 Å². The third-order valence-corrected chi connectivity index (χ3v) is 1.44. The molecule has 0 heterocycles. The third kappa shape index (κ3) is 9.32. The SMILES string of the molecule is O=C(O)CNCC=CP(=O)(O)O. The van der Waals surface area contributed by atoms with Crippen molar-refractivity contribution in [1.29, 1.82) is 0 Å². The Hall–Kier alpha value is -0.680. The van der Waals surface area contributed by atoms with Crippen LogP contribution in [0.5, 0.6) is 0 Å². The Morgan fingerprint density at radius 2 is 2.08 bits per heavy atom. The molecule has 0 saturated carbocycles. The summed E-state index contributed by atoms with van der Waals surface area (Å²) in [6, 6.07) is 0. The van der Waals surface area contributed by atoms with Crippen molar-refractivity contribution >= 4 is 13.6 Å². The highest BCUT2D eigenvalue weighted by molar-refractivity contribution is 7.55. The van der Waals surface area contributed by atoms with Crippen LogP contribution in [0.25, 0.3) is 0 Å². The van der Waals surface area contributed by atoms with Crippen LogP contribution in [0.3, 0.4) is 0 Å². The van der Waals surface area contributed by atoms with Gasteiger partial charge < -0.3 is 20.2 Å². The number of aliphatic carboxylic acids is 1. The molecule has 0 aliphatic heterocycles. The summed E-state index contributed by atoms with van der Waals surface area (Å²) in [7, 11) is -4.10. The molecule has 12 heavy (non-hydrogen) atoms. The third-order valence-electron chi connectivity index (χ3n) is 0.838. The molecule has 0 spiro atoms. The van der Waals surface area contributed by atoms with Gasteiger partial charge in [0.1, 0.15) is 0 Å². The van der Waals surface area contributed by atoms with Crippen molar-refractivity contribution in [3.05, 3.63) is 11.9 Å². The molecule has 0 aromatic heterocycles. The number of carboxylic acid groups (broad SMARTS) is 1. The van der Waals surface area contributed by atoms with E-state index in [2.05, 4.69) is 5.32 Å². The zero-order valence-electron chi connectivity index (χ0n) is 6.17. The quantitative estimate of drug-likeness (QED) is 0.343. The molecule has 0 radical (unpaired) electrons. The Morgan fingerprint density at radius 1 is 1.50 bits per heavy atom. The maximum Gasteiger partial charge on any atom is 0.348 e. The number of hydrogen-bond donors (Lipinski definition) is 4. The fourth-order valence-corrected chi connectivity index (χ4v) is 0.832. The number of rotatable bonds is 5. The number of nitrogens with one attached hydrogen (secondary N) is 1. The molecular weight excluding hydrogens is 185 g/mol. The summed E-state index contributed by atoms with van der Waals surface area (Å²) < 4.78 is 10.2. The summed E-state index contributed by atoms with van der Waals surface area (Å²) in [4.78, 5) is 26.5. The van der Waals surface area contributed by atoms with Gasteiger partial charge in [0.2, 0.25) is 0 Å². The average Bonchev–Trinajstić information content (AvgIpc) is 1.83. The summed E-state index contributed by atoms with van der Waals surface area (Å²) >= 11 is 0. The largest absolute Gasteiger partial charge is 0.480 e. The molecule has 0 aliphatic carbocycles. The lowest BCUT2D eigenvalue weighted by Crippen LogP contribution is -2.22. The number of carbonyl (C=O) groups is 1. The molecule has 0 rings (SSSR count). The second-order valence-corrected chi connectivity index (χ2v) is 3.47. The van der Waals surface area contributed by atoms with E-state index in [-0.39, 0.29) is 13.1 Å². The van der Waals surface area contributed by atoms with Gasteiger partial charge in [-0.25, -0.2) is 0 Å². The highest BCUT2D eigenvalue weighted by atomic mass is 31.2. The molecule has 0 amide bonds. The van der Waals surface area contributed by atoms with Crippen LogP contribution >= 0.6 is 7.60 Å². The Labute approximate surface area is 69.1 Å². The zero-order chi connectivity index (χ0) is 9.61. The van der Waals surface area contributed by atoms with Gasteiger partial charge in [0.15, 0.2) is 0 Å². The Balaban J connectivity index is 3.50. The molecular formula is C5H10NO5P. The van der Waals surface area contributed by atoms with E-state index in [0.717, 1.165) is 5.82 Å². The fourth-order valence-electron chi connectivity index (χ4n) is 0.452. The van der Waals surface area contributed by atoms with Gasteiger partial charge in [0.05, 0.1) is 6.54 Å². The summed E-state index contributed by atoms with van der Waals surface area (Å²) in [5.74, 6) is -0.290. The smallest absolute Gasteiger partial charge is 0.348 e. The average molecular weight is 195 g/mol. The van der Waals surface area contributed by atoms with Crippen LogP contribution in [-0.4, -0.2) is 34.0 Å². The topological polar surface area (TPSA) is 107 Å². The maximum absolute atomic E-state index is 10.2. The molecule has 6 nitrogen and oxygen atoms in total. The summed E-state index contributed by atoms with van der Waals surface area (Å²) in [5, 5.41) is 10.6. The lowest BCUT2D eigenvalue weighted by molar-refractivity contribution is -0.135. The minimum absolute atomic E-state index is 0.122. The molecule has 4 N–H and O–H groups in total. The minimum atomic E-state index is -4.10. The monoisotopic (exact) mass is 195 g/mol. The van der Waals surface area contributed by atoms with E-state index in [9.17, 15) is 9.36 Å². The molecule has 7 heteroatoms. The molecule has 0 fully saturated rings. The van der Waals surface area contributed by atoms with Crippen molar-refractivity contribution in [3.63, 3.8) is 0 Å². The highest BCUT2D eigenvalue weighted by Crippen LogP contribution is 2.35. The van der Waals surface area contributed by atoms with Gasteiger partial charge in [-0.05, 0) is 0 Å². The van der Waals surface area contributed by atoms with Gasteiger partial charge in [0.25, 0.3) is 0 Å². The molecule has 0 aromatic rings. The van der Waals surface area contributed by atoms with Crippen LogP contribution in [0.1, 0.15) is 0 Å². The van der Waals surface area contributed by atoms with E-state index in [4.69, 9.17) is 14.9 Å². The first-order chi connectivity index (χ1) is 5.42. The first kappa shape index (κ1) is 11.3. The first-order valence-corrected chi connectivity index (χ1v) is 4.75. The van der Waals surface area contributed by atoms with Crippen LogP contribution in [0.4, 0.5) is 0 Å². The molecule has 0 unspecified atom stereocenters. The van der Waals surface area contributed by atoms with Crippen LogP contribution < -0.4 is 5.32 Å². The Kier molecular flexibility index (Phi) is 4.77. The first-order valence-electron chi connectivity index (χ1n) is 3.07. The second kappa shape index (κ2) is 5.05. The van der Waals surface area contributed by atoms with Crippen LogP contribution in [0, 0.1) is 0 Å². The fraction of sp³-hybridized carbons (Fsp3) is 0.400. The van der Waals surface area contributed by atoms with Crippen molar-refractivity contribution in [1.82, 2.24) is 5.32 Å². The lowest BCUT2D eigenvalue weighted by atomic mass is 10.6. The van der Waals surface area contributed by atoms with Crippen molar-refractivity contribution < 1.29 is 24.3 Å². The molecule has 0 atom stereocenters. The van der Waals surface area contributed by atoms with E-state index in [1.54, 1.807) is 0 Å². The summed E-state index contributed by atoms with van der Waals surface area (Å²) in [5.41, 5.74) is 0. The standard InChI is InChI=1S/C5H10NO5P/c7-5(8)4-6-2-1-3-12(9,10)11/h1,3,6H,2,4H2,(H,7,8)(H2,9,10,11). The molecule has 0 aromatic carbocycles. The normalized spacial score (nSPS) is 12.2. The predicted molar refractivity (Wildman–Crippen MR) is 41.7 cm³/mol. The summed E-state index contributed by atoms with van der Waals surface area (Å²) in [6.45, 7) is -0.108. The summed E-state index contributed by atoms with van der Waals surface area (Å²) in [6.07, 6.45) is 1.18. The molecule has 0 bridgehead atoms. The van der Waals surface area contributed by atoms with Crippen molar-refractivity contribution in [3.8, 4) is 0 Å². The highest BCUT2D eigenvalue weighted by Gasteiger charge is 2.04. The molecule has 70 valence electrons. The van der Waals surface area contributed by atoms with Gasteiger partial charge >= 0.3 is 13.6 Å². The van der Waals surface area contributed by atoms with Gasteiger partial charge in [-0.15, -0.1) is 0 Å². The number of carboxylic acids is 1. The van der Waals surface area contributed by atoms with E-state index in [1.165, 1.54) is 6.08 Å². The van der Waals surface area contributed by atoms with Gasteiger partial charge in [-0.3, -0.25) is 9.36 Å². The van der Waals surface area contributed by atoms with Gasteiger partial charge in [-0.2, -0.15) is 0 Å². The molecule has 0 aliphatic rings. The minimum Gasteiger partial charge on any atom is -0.480 e. The van der Waals surface area contributed by atoms with Crippen LogP contribution in [0.15, 0.2) is 11.9 Å². The molecule has 0 saturated heterocycles. The second-order valence-electron chi connectivity index (χ2n) is 2.00. The maximum atomic E-state index is 10.2. The van der Waals surface area contributed by atoms with E-state index in [0.29, 0.717) is 0 Å². The Bertz CT molecular complexity index is 220. The Morgan fingerprint density at radius 3 is 2.50 bits per heavy atom. The van der Waals surface area contributed by atoms with Crippen molar-refractivity contribution in [2.75, 3.05) is 13.1 Å². The van der Waals surface area contributed by atoms with Crippen molar-refractivity contribution in [2.24, 2.45) is 0 Å².